The van der Waals surface area contributed by atoms with Gasteiger partial charge in [-0.25, -0.2) is 9.97 Å². The lowest BCUT2D eigenvalue weighted by Crippen LogP contribution is -2.57. The van der Waals surface area contributed by atoms with Crippen LogP contribution in [0.1, 0.15) is 40.9 Å². The van der Waals surface area contributed by atoms with Gasteiger partial charge in [0, 0.05) is 99.6 Å². The van der Waals surface area contributed by atoms with E-state index in [1.807, 2.05) is 59.0 Å². The molecule has 1 N–H and O–H groups in total. The Balaban J connectivity index is 1.09. The summed E-state index contributed by atoms with van der Waals surface area (Å²) in [6, 6.07) is 15.3. The van der Waals surface area contributed by atoms with Gasteiger partial charge in [0.2, 0.25) is 11.8 Å². The molecule has 2 fully saturated rings. The van der Waals surface area contributed by atoms with Crippen molar-refractivity contribution in [3.8, 4) is 28.3 Å². The monoisotopic (exact) mass is 687 g/mol. The predicted molar refractivity (Wildman–Crippen MR) is 187 cm³/mol. The number of nitrogens with one attached hydrogen (secondary N) is 1. The number of pyridine rings is 1. The number of nitrogens with zero attached hydrogens (tertiary/aromatic N) is 6. The summed E-state index contributed by atoms with van der Waals surface area (Å²) in [5.41, 5.74) is 6.52. The first-order valence-electron chi connectivity index (χ1n) is 16.2. The number of aromatic nitrogens is 3. The van der Waals surface area contributed by atoms with Crippen LogP contribution in [0, 0.1) is 5.41 Å². The molecule has 48 heavy (non-hydrogen) atoms. The third-order valence-corrected chi connectivity index (χ3v) is 10.8. The van der Waals surface area contributed by atoms with E-state index in [-0.39, 0.29) is 17.2 Å². The highest BCUT2D eigenvalue weighted by atomic mass is 35.5. The maximum Gasteiger partial charge on any atom is 0.291 e. The lowest BCUT2D eigenvalue weighted by atomic mass is 9.79. The van der Waals surface area contributed by atoms with Crippen molar-refractivity contribution in [1.29, 1.82) is 0 Å². The summed E-state index contributed by atoms with van der Waals surface area (Å²) in [5, 5.41) is 3.84. The van der Waals surface area contributed by atoms with Gasteiger partial charge in [-0.1, -0.05) is 59.6 Å². The van der Waals surface area contributed by atoms with Crippen LogP contribution in [0.5, 0.6) is 5.88 Å². The number of methoxy groups -OCH3 is 1. The molecule has 1 spiro atoms. The number of halogens is 2. The minimum absolute atomic E-state index is 0.156. The molecule has 3 aliphatic heterocycles. The zero-order valence-corrected chi connectivity index (χ0v) is 29.2. The van der Waals surface area contributed by atoms with E-state index in [1.54, 1.807) is 20.1 Å². The Morgan fingerprint density at radius 1 is 0.938 bits per heavy atom. The average Bonchev–Trinajstić information content (AvgIpc) is 3.64. The summed E-state index contributed by atoms with van der Waals surface area (Å²) in [5.74, 6) is 0.742. The van der Waals surface area contributed by atoms with Gasteiger partial charge in [0.05, 0.1) is 34.2 Å². The number of fused-ring (bicyclic) bond motifs is 1. The van der Waals surface area contributed by atoms with E-state index in [2.05, 4.69) is 27.1 Å². The number of rotatable bonds is 7. The molecule has 2 aromatic carbocycles. The second-order valence-corrected chi connectivity index (χ2v) is 14.1. The zero-order valence-electron chi connectivity index (χ0n) is 27.6. The number of carbonyl (C=O) groups excluding carboxylic acids is 2. The van der Waals surface area contributed by atoms with Crippen LogP contribution in [0.15, 0.2) is 48.5 Å². The quantitative estimate of drug-likeness (QED) is 0.264. The Morgan fingerprint density at radius 3 is 2.40 bits per heavy atom. The normalized spacial score (nSPS) is 17.3. The van der Waals surface area contributed by atoms with Gasteiger partial charge in [-0.3, -0.25) is 14.5 Å². The van der Waals surface area contributed by atoms with E-state index in [4.69, 9.17) is 32.9 Å². The molecule has 2 saturated heterocycles. The van der Waals surface area contributed by atoms with E-state index in [0.29, 0.717) is 45.2 Å². The lowest BCUT2D eigenvalue weighted by molar-refractivity contribution is -0.128. The van der Waals surface area contributed by atoms with Crippen molar-refractivity contribution in [3.63, 3.8) is 0 Å². The largest absolute Gasteiger partial charge is 0.481 e. The molecular formula is C36H39Cl2N7O3. The molecule has 5 heterocycles. The number of carbonyl (C=O) groups is 2. The number of amides is 2. The molecule has 0 saturated carbocycles. The topological polar surface area (TPSA) is 95.8 Å². The first kappa shape index (κ1) is 32.6. The maximum absolute atomic E-state index is 13.4. The van der Waals surface area contributed by atoms with Gasteiger partial charge < -0.3 is 24.4 Å². The van der Waals surface area contributed by atoms with Gasteiger partial charge in [-0.2, -0.15) is 0 Å². The van der Waals surface area contributed by atoms with Crippen LogP contribution in [0.3, 0.4) is 0 Å². The second kappa shape index (κ2) is 12.8. The number of anilines is 1. The molecule has 2 amide bonds. The van der Waals surface area contributed by atoms with Crippen LogP contribution in [-0.4, -0.2) is 87.9 Å². The number of ether oxygens (including phenoxy) is 1. The third-order valence-electron chi connectivity index (χ3n) is 9.99. The maximum atomic E-state index is 13.4. The predicted octanol–water partition coefficient (Wildman–Crippen LogP) is 5.76. The lowest BCUT2D eigenvalue weighted by Gasteiger charge is -2.48. The molecule has 0 bridgehead atoms. The van der Waals surface area contributed by atoms with E-state index in [1.165, 1.54) is 0 Å². The Kier molecular flexibility index (Phi) is 8.70. The fraction of sp³-hybridized carbons (Fsp3) is 0.389. The Hall–Kier alpha value is -3.96. The van der Waals surface area contributed by atoms with Gasteiger partial charge in [0.1, 0.15) is 0 Å². The van der Waals surface area contributed by atoms with Crippen LogP contribution in [0.2, 0.25) is 10.0 Å². The molecule has 7 rings (SSSR count). The molecule has 10 nitrogen and oxygen atoms in total. The molecule has 0 aliphatic carbocycles. The summed E-state index contributed by atoms with van der Waals surface area (Å²) in [6.07, 6.45) is 1.90. The SMILES string of the molecule is COc1nc(-c2cccc(-c3cccc(NC(=O)c4nc5c(n4C)CCN(C)C5)c3Cl)c2Cl)ccc1CN1CC2(CCN(C(C)=O)C2)C1. The zero-order chi connectivity index (χ0) is 33.7. The van der Waals surface area contributed by atoms with E-state index >= 15 is 0 Å². The minimum atomic E-state index is -0.320. The smallest absolute Gasteiger partial charge is 0.291 e. The fourth-order valence-electron chi connectivity index (χ4n) is 7.45. The van der Waals surface area contributed by atoms with Crippen molar-refractivity contribution in [2.45, 2.75) is 32.9 Å². The molecule has 0 radical (unpaired) electrons. The van der Waals surface area contributed by atoms with Crippen molar-refractivity contribution in [2.24, 2.45) is 12.5 Å². The van der Waals surface area contributed by atoms with Crippen molar-refractivity contribution in [3.05, 3.63) is 81.4 Å². The van der Waals surface area contributed by atoms with Gasteiger partial charge in [-0.05, 0) is 25.6 Å². The van der Waals surface area contributed by atoms with E-state index in [9.17, 15) is 9.59 Å². The highest BCUT2D eigenvalue weighted by Gasteiger charge is 2.48. The summed E-state index contributed by atoms with van der Waals surface area (Å²) in [7, 11) is 5.56. The van der Waals surface area contributed by atoms with Gasteiger partial charge in [0.15, 0.2) is 5.82 Å². The summed E-state index contributed by atoms with van der Waals surface area (Å²) in [4.78, 5) is 41.2. The number of likely N-dealkylation sites (N-methyl/N-ethyl adjacent to an activating group) is 1. The number of benzene rings is 2. The third kappa shape index (κ3) is 5.96. The van der Waals surface area contributed by atoms with Crippen molar-refractivity contribution in [2.75, 3.05) is 52.2 Å². The van der Waals surface area contributed by atoms with E-state index in [0.717, 1.165) is 80.2 Å². The van der Waals surface area contributed by atoms with Crippen LogP contribution in [-0.2, 0) is 31.4 Å². The van der Waals surface area contributed by atoms with Crippen LogP contribution in [0.25, 0.3) is 22.4 Å². The number of likely N-dealkylation sites (tertiary alicyclic amines) is 2. The van der Waals surface area contributed by atoms with Crippen molar-refractivity contribution >= 4 is 40.7 Å². The first-order valence-corrected chi connectivity index (χ1v) is 17.0. The molecule has 250 valence electrons. The summed E-state index contributed by atoms with van der Waals surface area (Å²) < 4.78 is 7.62. The average molecular weight is 689 g/mol. The number of hydrogen-bond donors (Lipinski definition) is 1. The number of imidazole rings is 1. The highest BCUT2D eigenvalue weighted by Crippen LogP contribution is 2.43. The van der Waals surface area contributed by atoms with Gasteiger partial charge in [-0.15, -0.1) is 0 Å². The molecule has 3 aliphatic rings. The molecule has 0 atom stereocenters. The molecule has 2 aromatic heterocycles. The Bertz CT molecular complexity index is 1920. The van der Waals surface area contributed by atoms with Crippen LogP contribution < -0.4 is 10.1 Å². The first-order chi connectivity index (χ1) is 23.1. The standard InChI is InChI=1S/C36H39Cl2N7O3/c1-22(46)45-16-14-36(21-45)19-44(20-36)17-23-11-12-27(41-35(23)48-4)26-9-5-7-24(31(26)37)25-8-6-10-28(32(25)38)40-34(47)33-39-29-18-42(2)15-13-30(29)43(33)3/h5-12H,13-21H2,1-4H3,(H,40,47). The molecule has 4 aromatic rings. The fourth-order valence-corrected chi connectivity index (χ4v) is 8.05. The highest BCUT2D eigenvalue weighted by molar-refractivity contribution is 6.39. The summed E-state index contributed by atoms with van der Waals surface area (Å²) >= 11 is 14.0. The molecule has 12 heteroatoms. The van der Waals surface area contributed by atoms with Crippen molar-refractivity contribution < 1.29 is 14.3 Å². The minimum Gasteiger partial charge on any atom is -0.481 e. The van der Waals surface area contributed by atoms with Crippen LogP contribution >= 0.6 is 23.2 Å². The molecule has 0 unspecified atom stereocenters. The second-order valence-electron chi connectivity index (χ2n) is 13.4. The Labute approximate surface area is 290 Å². The van der Waals surface area contributed by atoms with Crippen LogP contribution in [0.4, 0.5) is 5.69 Å². The summed E-state index contributed by atoms with van der Waals surface area (Å²) in [6.45, 7) is 7.60. The molecular weight excluding hydrogens is 649 g/mol. The van der Waals surface area contributed by atoms with Gasteiger partial charge in [0.25, 0.3) is 5.91 Å². The Morgan fingerprint density at radius 2 is 1.67 bits per heavy atom. The van der Waals surface area contributed by atoms with E-state index < -0.39 is 0 Å². The number of hydrogen-bond acceptors (Lipinski definition) is 7. The van der Waals surface area contributed by atoms with Gasteiger partial charge >= 0.3 is 0 Å². The van der Waals surface area contributed by atoms with Crippen molar-refractivity contribution in [1.82, 2.24) is 29.2 Å².